The van der Waals surface area contributed by atoms with Gasteiger partial charge in [-0.25, -0.2) is 13.2 Å². The SMILES string of the molecule is CCc1ccccc1NC(=O)Nc1ccc2c(c1)N(S(C)(=O)=O)CC2. The summed E-state index contributed by atoms with van der Waals surface area (Å²) in [6.07, 6.45) is 2.69. The zero-order chi connectivity index (χ0) is 18.0. The van der Waals surface area contributed by atoms with E-state index in [1.165, 1.54) is 10.6 Å². The molecule has 0 spiro atoms. The van der Waals surface area contributed by atoms with Crippen molar-refractivity contribution < 1.29 is 13.2 Å². The van der Waals surface area contributed by atoms with Gasteiger partial charge in [0, 0.05) is 17.9 Å². The molecule has 0 atom stereocenters. The lowest BCUT2D eigenvalue weighted by molar-refractivity contribution is 0.262. The van der Waals surface area contributed by atoms with Gasteiger partial charge in [-0.2, -0.15) is 0 Å². The average molecular weight is 359 g/mol. The highest BCUT2D eigenvalue weighted by atomic mass is 32.2. The Morgan fingerprint density at radius 3 is 2.64 bits per heavy atom. The second-order valence-electron chi connectivity index (χ2n) is 6.02. The first-order valence-electron chi connectivity index (χ1n) is 8.15. The van der Waals surface area contributed by atoms with Gasteiger partial charge < -0.3 is 10.6 Å². The van der Waals surface area contributed by atoms with Gasteiger partial charge in [0.25, 0.3) is 0 Å². The van der Waals surface area contributed by atoms with E-state index in [9.17, 15) is 13.2 Å². The van der Waals surface area contributed by atoms with Crippen LogP contribution in [-0.4, -0.2) is 27.2 Å². The van der Waals surface area contributed by atoms with E-state index in [-0.39, 0.29) is 6.03 Å². The van der Waals surface area contributed by atoms with Crippen molar-refractivity contribution >= 4 is 33.1 Å². The van der Waals surface area contributed by atoms with Crippen molar-refractivity contribution in [3.63, 3.8) is 0 Å². The van der Waals surface area contributed by atoms with Crippen LogP contribution in [0, 0.1) is 0 Å². The maximum Gasteiger partial charge on any atom is 0.323 e. The maximum atomic E-state index is 12.3. The van der Waals surface area contributed by atoms with E-state index in [1.807, 2.05) is 37.3 Å². The number of sulfonamides is 1. The van der Waals surface area contributed by atoms with Crippen LogP contribution in [-0.2, 0) is 22.9 Å². The second kappa shape index (κ2) is 6.76. The average Bonchev–Trinajstić information content (AvgIpc) is 2.98. The number of rotatable bonds is 4. The summed E-state index contributed by atoms with van der Waals surface area (Å²) in [4.78, 5) is 12.3. The largest absolute Gasteiger partial charge is 0.323 e. The van der Waals surface area contributed by atoms with Gasteiger partial charge in [0.1, 0.15) is 0 Å². The summed E-state index contributed by atoms with van der Waals surface area (Å²) >= 11 is 0. The summed E-state index contributed by atoms with van der Waals surface area (Å²) < 4.78 is 25.1. The Bertz CT molecular complexity index is 910. The summed E-state index contributed by atoms with van der Waals surface area (Å²) in [7, 11) is -3.31. The van der Waals surface area contributed by atoms with E-state index < -0.39 is 10.0 Å². The van der Waals surface area contributed by atoms with Crippen LogP contribution in [0.15, 0.2) is 42.5 Å². The van der Waals surface area contributed by atoms with Gasteiger partial charge in [0.15, 0.2) is 0 Å². The van der Waals surface area contributed by atoms with Crippen molar-refractivity contribution in [2.45, 2.75) is 19.8 Å². The summed E-state index contributed by atoms with van der Waals surface area (Å²) in [5.41, 5.74) is 3.97. The lowest BCUT2D eigenvalue weighted by Crippen LogP contribution is -2.27. The predicted molar refractivity (Wildman–Crippen MR) is 101 cm³/mol. The Labute approximate surface area is 147 Å². The van der Waals surface area contributed by atoms with Crippen molar-refractivity contribution in [3.8, 4) is 0 Å². The standard InChI is InChI=1S/C18H21N3O3S/c1-3-13-6-4-5-7-16(13)20-18(22)19-15-9-8-14-10-11-21(17(14)12-15)25(2,23)24/h4-9,12H,3,10-11H2,1-2H3,(H2,19,20,22). The minimum absolute atomic E-state index is 0.357. The molecule has 0 aliphatic carbocycles. The molecule has 132 valence electrons. The van der Waals surface area contributed by atoms with Crippen LogP contribution in [0.3, 0.4) is 0 Å². The van der Waals surface area contributed by atoms with Gasteiger partial charge in [0.2, 0.25) is 10.0 Å². The number of carbonyl (C=O) groups is 1. The van der Waals surface area contributed by atoms with Crippen molar-refractivity contribution in [3.05, 3.63) is 53.6 Å². The molecule has 3 rings (SSSR count). The highest BCUT2D eigenvalue weighted by Gasteiger charge is 2.26. The molecule has 2 amide bonds. The van der Waals surface area contributed by atoms with E-state index in [2.05, 4.69) is 10.6 Å². The Balaban J connectivity index is 1.77. The summed E-state index contributed by atoms with van der Waals surface area (Å²) in [6.45, 7) is 2.46. The smallest absolute Gasteiger partial charge is 0.308 e. The van der Waals surface area contributed by atoms with Crippen LogP contribution in [0.1, 0.15) is 18.1 Å². The molecule has 25 heavy (non-hydrogen) atoms. The normalized spacial score (nSPS) is 13.4. The molecule has 0 bridgehead atoms. The fourth-order valence-electron chi connectivity index (χ4n) is 3.01. The highest BCUT2D eigenvalue weighted by molar-refractivity contribution is 7.92. The maximum absolute atomic E-state index is 12.3. The lowest BCUT2D eigenvalue weighted by Gasteiger charge is -2.17. The number of fused-ring (bicyclic) bond motifs is 1. The molecule has 1 aliphatic heterocycles. The van der Waals surface area contributed by atoms with Crippen LogP contribution in [0.25, 0.3) is 0 Å². The number of hydrogen-bond acceptors (Lipinski definition) is 3. The third-order valence-electron chi connectivity index (χ3n) is 4.24. The molecular formula is C18H21N3O3S. The minimum atomic E-state index is -3.31. The first-order chi connectivity index (χ1) is 11.9. The Morgan fingerprint density at radius 1 is 1.16 bits per heavy atom. The Morgan fingerprint density at radius 2 is 1.92 bits per heavy atom. The molecule has 0 saturated heterocycles. The van der Waals surface area contributed by atoms with Gasteiger partial charge in [-0.1, -0.05) is 31.2 Å². The number of carbonyl (C=O) groups excluding carboxylic acids is 1. The molecule has 2 aromatic carbocycles. The van der Waals surface area contributed by atoms with Crippen LogP contribution < -0.4 is 14.9 Å². The van der Waals surface area contributed by atoms with E-state index in [1.54, 1.807) is 12.1 Å². The Hall–Kier alpha value is -2.54. The molecule has 0 unspecified atom stereocenters. The first-order valence-corrected chi connectivity index (χ1v) is 10.00. The number of hydrogen-bond donors (Lipinski definition) is 2. The molecule has 0 saturated carbocycles. The number of urea groups is 1. The third-order valence-corrected chi connectivity index (χ3v) is 5.42. The quantitative estimate of drug-likeness (QED) is 0.880. The minimum Gasteiger partial charge on any atom is -0.308 e. The summed E-state index contributed by atoms with van der Waals surface area (Å²) in [6, 6.07) is 12.6. The summed E-state index contributed by atoms with van der Waals surface area (Å²) in [5, 5.41) is 5.61. The second-order valence-corrected chi connectivity index (χ2v) is 7.93. The van der Waals surface area contributed by atoms with Crippen molar-refractivity contribution in [2.24, 2.45) is 0 Å². The number of anilines is 3. The van der Waals surface area contributed by atoms with Crippen molar-refractivity contribution in [1.29, 1.82) is 0 Å². The summed E-state index contributed by atoms with van der Waals surface area (Å²) in [5.74, 6) is 0. The fourth-order valence-corrected chi connectivity index (χ4v) is 3.96. The van der Waals surface area contributed by atoms with E-state index >= 15 is 0 Å². The zero-order valence-electron chi connectivity index (χ0n) is 14.2. The Kier molecular flexibility index (Phi) is 4.67. The lowest BCUT2D eigenvalue weighted by atomic mass is 10.1. The van der Waals surface area contributed by atoms with E-state index in [0.29, 0.717) is 24.3 Å². The number of amides is 2. The van der Waals surface area contributed by atoms with Gasteiger partial charge in [0.05, 0.1) is 11.9 Å². The van der Waals surface area contributed by atoms with Crippen LogP contribution >= 0.6 is 0 Å². The van der Waals surface area contributed by atoms with Crippen LogP contribution in [0.4, 0.5) is 21.9 Å². The van der Waals surface area contributed by atoms with Crippen LogP contribution in [0.2, 0.25) is 0 Å². The van der Waals surface area contributed by atoms with Gasteiger partial charge in [-0.3, -0.25) is 4.31 Å². The molecule has 0 aromatic heterocycles. The molecule has 2 N–H and O–H groups in total. The third kappa shape index (κ3) is 3.76. The molecular weight excluding hydrogens is 338 g/mol. The molecule has 0 radical (unpaired) electrons. The molecule has 7 heteroatoms. The van der Waals surface area contributed by atoms with E-state index in [4.69, 9.17) is 0 Å². The number of para-hydroxylation sites is 1. The van der Waals surface area contributed by atoms with Crippen LogP contribution in [0.5, 0.6) is 0 Å². The van der Waals surface area contributed by atoms with Gasteiger partial charge >= 0.3 is 6.03 Å². The highest BCUT2D eigenvalue weighted by Crippen LogP contribution is 2.32. The number of aryl methyl sites for hydroxylation is 1. The number of nitrogens with zero attached hydrogens (tertiary/aromatic N) is 1. The van der Waals surface area contributed by atoms with E-state index in [0.717, 1.165) is 23.2 Å². The molecule has 0 fully saturated rings. The van der Waals surface area contributed by atoms with Gasteiger partial charge in [-0.15, -0.1) is 0 Å². The topological polar surface area (TPSA) is 78.5 Å². The fraction of sp³-hybridized carbons (Fsp3) is 0.278. The predicted octanol–water partition coefficient (Wildman–Crippen LogP) is 3.22. The van der Waals surface area contributed by atoms with Crippen molar-refractivity contribution in [2.75, 3.05) is 27.7 Å². The first kappa shape index (κ1) is 17.3. The molecule has 2 aromatic rings. The number of benzene rings is 2. The monoisotopic (exact) mass is 359 g/mol. The molecule has 1 aliphatic rings. The van der Waals surface area contributed by atoms with Gasteiger partial charge in [-0.05, 0) is 42.2 Å². The van der Waals surface area contributed by atoms with Crippen molar-refractivity contribution in [1.82, 2.24) is 0 Å². The number of nitrogens with one attached hydrogen (secondary N) is 2. The molecule has 6 nitrogen and oxygen atoms in total. The molecule has 1 heterocycles. The zero-order valence-corrected chi connectivity index (χ0v) is 15.1.